The van der Waals surface area contributed by atoms with Crippen molar-refractivity contribution in [2.75, 3.05) is 26.4 Å². The van der Waals surface area contributed by atoms with Crippen molar-refractivity contribution >= 4 is 5.97 Å². The molecule has 1 aliphatic heterocycles. The molecule has 70 valence electrons. The summed E-state index contributed by atoms with van der Waals surface area (Å²) in [6.07, 6.45) is 0.186. The third kappa shape index (κ3) is 3.19. The molecule has 0 N–H and O–H groups in total. The van der Waals surface area contributed by atoms with E-state index < -0.39 is 0 Å². The van der Waals surface area contributed by atoms with Crippen LogP contribution in [0.1, 0.15) is 13.3 Å². The highest BCUT2D eigenvalue weighted by Gasteiger charge is 2.18. The van der Waals surface area contributed by atoms with Gasteiger partial charge in [0.2, 0.25) is 0 Å². The predicted molar refractivity (Wildman–Crippen MR) is 41.8 cm³/mol. The fraction of sp³-hybridized carbons (Fsp3) is 0.875. The average molecular weight is 174 g/mol. The van der Waals surface area contributed by atoms with Gasteiger partial charge < -0.3 is 14.2 Å². The lowest BCUT2D eigenvalue weighted by atomic mass is 10.2. The van der Waals surface area contributed by atoms with E-state index in [4.69, 9.17) is 14.2 Å². The molecule has 1 atom stereocenters. The van der Waals surface area contributed by atoms with Gasteiger partial charge in [-0.05, 0) is 6.92 Å². The number of hydrogen-bond acceptors (Lipinski definition) is 4. The van der Waals surface area contributed by atoms with E-state index in [1.54, 1.807) is 6.92 Å². The summed E-state index contributed by atoms with van der Waals surface area (Å²) in [6.45, 7) is 3.91. The number of rotatable bonds is 3. The first kappa shape index (κ1) is 9.48. The topological polar surface area (TPSA) is 44.8 Å². The minimum absolute atomic E-state index is 0.113. The zero-order valence-corrected chi connectivity index (χ0v) is 7.25. The lowest BCUT2D eigenvalue weighted by molar-refractivity contribution is -0.152. The Bertz CT molecular complexity index is 140. The summed E-state index contributed by atoms with van der Waals surface area (Å²) in [6, 6.07) is 0. The quantitative estimate of drug-likeness (QED) is 0.579. The summed E-state index contributed by atoms with van der Waals surface area (Å²) < 4.78 is 15.2. The predicted octanol–water partition coefficient (Wildman–Crippen LogP) is 0.355. The van der Waals surface area contributed by atoms with Crippen molar-refractivity contribution in [2.45, 2.75) is 19.4 Å². The second kappa shape index (κ2) is 5.11. The Morgan fingerprint density at radius 3 is 3.00 bits per heavy atom. The summed E-state index contributed by atoms with van der Waals surface area (Å²) in [5.41, 5.74) is 0. The molecular weight excluding hydrogens is 160 g/mol. The van der Waals surface area contributed by atoms with E-state index in [-0.39, 0.29) is 12.1 Å². The van der Waals surface area contributed by atoms with E-state index in [0.29, 0.717) is 32.8 Å². The monoisotopic (exact) mass is 174 g/mol. The number of ether oxygens (including phenoxy) is 3. The van der Waals surface area contributed by atoms with Crippen LogP contribution in [0, 0.1) is 0 Å². The van der Waals surface area contributed by atoms with Crippen molar-refractivity contribution in [3.8, 4) is 0 Å². The van der Waals surface area contributed by atoms with Crippen LogP contribution in [0.15, 0.2) is 0 Å². The van der Waals surface area contributed by atoms with Crippen molar-refractivity contribution in [1.29, 1.82) is 0 Å². The van der Waals surface area contributed by atoms with Crippen LogP contribution in [0.2, 0.25) is 0 Å². The first-order valence-electron chi connectivity index (χ1n) is 4.18. The summed E-state index contributed by atoms with van der Waals surface area (Å²) in [7, 11) is 0. The van der Waals surface area contributed by atoms with Crippen molar-refractivity contribution in [3.05, 3.63) is 0 Å². The fourth-order valence-corrected chi connectivity index (χ4v) is 1.06. The lowest BCUT2D eigenvalue weighted by Crippen LogP contribution is -2.31. The molecule has 1 aliphatic rings. The smallest absolute Gasteiger partial charge is 0.308 e. The van der Waals surface area contributed by atoms with Crippen LogP contribution >= 0.6 is 0 Å². The normalized spacial score (nSPS) is 23.6. The van der Waals surface area contributed by atoms with Crippen LogP contribution < -0.4 is 0 Å². The average Bonchev–Trinajstić information content (AvgIpc) is 2.06. The summed E-state index contributed by atoms with van der Waals surface area (Å²) in [4.78, 5) is 11.0. The highest BCUT2D eigenvalue weighted by Crippen LogP contribution is 2.05. The molecule has 0 amide bonds. The second-order valence-electron chi connectivity index (χ2n) is 2.58. The van der Waals surface area contributed by atoms with Crippen LogP contribution in [0.5, 0.6) is 0 Å². The van der Waals surface area contributed by atoms with Crippen molar-refractivity contribution in [2.24, 2.45) is 0 Å². The highest BCUT2D eigenvalue weighted by molar-refractivity contribution is 5.69. The molecule has 12 heavy (non-hydrogen) atoms. The maximum Gasteiger partial charge on any atom is 0.308 e. The van der Waals surface area contributed by atoms with Gasteiger partial charge in [-0.3, -0.25) is 4.79 Å². The minimum Gasteiger partial charge on any atom is -0.466 e. The van der Waals surface area contributed by atoms with Crippen molar-refractivity contribution in [3.63, 3.8) is 0 Å². The van der Waals surface area contributed by atoms with Gasteiger partial charge in [-0.1, -0.05) is 0 Å². The van der Waals surface area contributed by atoms with E-state index >= 15 is 0 Å². The van der Waals surface area contributed by atoms with Gasteiger partial charge in [0.05, 0.1) is 39.0 Å². The molecule has 0 radical (unpaired) electrons. The number of carbonyl (C=O) groups is 1. The zero-order chi connectivity index (χ0) is 8.81. The second-order valence-corrected chi connectivity index (χ2v) is 2.58. The van der Waals surface area contributed by atoms with Gasteiger partial charge in [-0.15, -0.1) is 0 Å². The molecule has 1 unspecified atom stereocenters. The number of hydrogen-bond donors (Lipinski definition) is 0. The lowest BCUT2D eigenvalue weighted by Gasteiger charge is -2.21. The fourth-order valence-electron chi connectivity index (χ4n) is 1.06. The largest absolute Gasteiger partial charge is 0.466 e. The van der Waals surface area contributed by atoms with Gasteiger partial charge in [0.1, 0.15) is 0 Å². The molecule has 0 spiro atoms. The van der Waals surface area contributed by atoms with E-state index in [1.807, 2.05) is 0 Å². The van der Waals surface area contributed by atoms with Gasteiger partial charge in [-0.2, -0.15) is 0 Å². The van der Waals surface area contributed by atoms with Gasteiger partial charge in [0.25, 0.3) is 0 Å². The zero-order valence-electron chi connectivity index (χ0n) is 7.25. The Balaban J connectivity index is 2.15. The highest BCUT2D eigenvalue weighted by atomic mass is 16.6. The molecule has 0 aliphatic carbocycles. The Morgan fingerprint density at radius 2 is 2.42 bits per heavy atom. The molecule has 1 saturated heterocycles. The standard InChI is InChI=1S/C8H14O4/c1-2-11-8(9)5-7-6-10-3-4-12-7/h7H,2-6H2,1H3. The molecule has 0 aromatic rings. The number of carbonyl (C=O) groups excluding carboxylic acids is 1. The van der Waals surface area contributed by atoms with Gasteiger partial charge in [0.15, 0.2) is 0 Å². The van der Waals surface area contributed by atoms with Gasteiger partial charge in [0, 0.05) is 0 Å². The molecule has 0 aromatic carbocycles. The Labute approximate surface area is 71.8 Å². The molecule has 1 rings (SSSR count). The molecular formula is C8H14O4. The van der Waals surface area contributed by atoms with Crippen LogP contribution in [0.4, 0.5) is 0 Å². The SMILES string of the molecule is CCOC(=O)CC1COCCO1. The third-order valence-corrected chi connectivity index (χ3v) is 1.58. The van der Waals surface area contributed by atoms with Crippen molar-refractivity contribution in [1.82, 2.24) is 0 Å². The van der Waals surface area contributed by atoms with Crippen LogP contribution in [0.25, 0.3) is 0 Å². The Kier molecular flexibility index (Phi) is 4.04. The molecule has 1 heterocycles. The van der Waals surface area contributed by atoms with Crippen LogP contribution in [0.3, 0.4) is 0 Å². The van der Waals surface area contributed by atoms with Crippen LogP contribution in [-0.2, 0) is 19.0 Å². The third-order valence-electron chi connectivity index (χ3n) is 1.58. The van der Waals surface area contributed by atoms with Gasteiger partial charge in [-0.25, -0.2) is 0 Å². The molecule has 0 saturated carbocycles. The molecule has 1 fully saturated rings. The van der Waals surface area contributed by atoms with E-state index in [0.717, 1.165) is 0 Å². The van der Waals surface area contributed by atoms with Gasteiger partial charge >= 0.3 is 5.97 Å². The van der Waals surface area contributed by atoms with E-state index in [2.05, 4.69) is 0 Å². The maximum atomic E-state index is 11.0. The van der Waals surface area contributed by atoms with E-state index in [9.17, 15) is 4.79 Å². The Hall–Kier alpha value is -0.610. The Morgan fingerprint density at radius 1 is 1.58 bits per heavy atom. The first-order valence-corrected chi connectivity index (χ1v) is 4.18. The summed E-state index contributed by atoms with van der Waals surface area (Å²) >= 11 is 0. The molecule has 4 heteroatoms. The van der Waals surface area contributed by atoms with E-state index in [1.165, 1.54) is 0 Å². The summed E-state index contributed by atoms with van der Waals surface area (Å²) in [5, 5.41) is 0. The van der Waals surface area contributed by atoms with Crippen molar-refractivity contribution < 1.29 is 19.0 Å². The maximum absolute atomic E-state index is 11.0. The molecule has 4 nitrogen and oxygen atoms in total. The molecule has 0 aromatic heterocycles. The minimum atomic E-state index is -0.215. The first-order chi connectivity index (χ1) is 5.83. The summed E-state index contributed by atoms with van der Waals surface area (Å²) in [5.74, 6) is -0.215. The molecule has 0 bridgehead atoms. The number of esters is 1. The van der Waals surface area contributed by atoms with Crippen LogP contribution in [-0.4, -0.2) is 38.5 Å².